The van der Waals surface area contributed by atoms with E-state index in [0.717, 1.165) is 17.8 Å². The fourth-order valence-electron chi connectivity index (χ4n) is 4.00. The van der Waals surface area contributed by atoms with E-state index in [1.165, 1.54) is 19.3 Å². The van der Waals surface area contributed by atoms with Crippen LogP contribution in [0.4, 0.5) is 0 Å². The zero-order valence-corrected chi connectivity index (χ0v) is 10.6. The summed E-state index contributed by atoms with van der Waals surface area (Å²) in [7, 11) is 0. The first-order chi connectivity index (χ1) is 7.16. The zero-order valence-electron chi connectivity index (χ0n) is 9.07. The summed E-state index contributed by atoms with van der Waals surface area (Å²) >= 11 is 12.7. The molecule has 2 saturated carbocycles. The molecule has 3 rings (SSSR count). The van der Waals surface area contributed by atoms with E-state index in [1.807, 2.05) is 0 Å². The molecule has 0 spiro atoms. The first kappa shape index (κ1) is 10.5. The lowest BCUT2D eigenvalue weighted by Crippen LogP contribution is -2.32. The second-order valence-corrected chi connectivity index (χ2v) is 6.72. The van der Waals surface area contributed by atoms with Crippen molar-refractivity contribution < 1.29 is 0 Å². The molecule has 2 bridgehead atoms. The number of hydrogen-bond donors (Lipinski definition) is 0. The Labute approximate surface area is 102 Å². The molecule has 0 aromatic carbocycles. The van der Waals surface area contributed by atoms with Gasteiger partial charge >= 0.3 is 0 Å². The summed E-state index contributed by atoms with van der Waals surface area (Å²) in [6.45, 7) is 2.31. The maximum atomic E-state index is 6.41. The molecule has 7 unspecified atom stereocenters. The fourth-order valence-corrected chi connectivity index (χ4v) is 4.88. The van der Waals surface area contributed by atoms with Crippen molar-refractivity contribution in [2.45, 2.75) is 36.9 Å². The van der Waals surface area contributed by atoms with Crippen LogP contribution in [0.2, 0.25) is 0 Å². The average Bonchev–Trinajstić information content (AvgIpc) is 2.85. The Morgan fingerprint density at radius 1 is 0.933 bits per heavy atom. The number of fused-ring (bicyclic) bond motifs is 2. The summed E-state index contributed by atoms with van der Waals surface area (Å²) in [5, 5.41) is 0.482. The summed E-state index contributed by atoms with van der Waals surface area (Å²) in [6.07, 6.45) is 8.75. The molecule has 0 aromatic heterocycles. The summed E-state index contributed by atoms with van der Waals surface area (Å²) in [5.41, 5.74) is 0. The maximum absolute atomic E-state index is 6.41. The van der Waals surface area contributed by atoms with E-state index >= 15 is 0 Å². The quantitative estimate of drug-likeness (QED) is 0.482. The lowest BCUT2D eigenvalue weighted by Gasteiger charge is -2.32. The lowest BCUT2D eigenvalue weighted by molar-refractivity contribution is 0.258. The minimum absolute atomic E-state index is 0.236. The molecule has 7 atom stereocenters. The predicted molar refractivity (Wildman–Crippen MR) is 65.4 cm³/mol. The van der Waals surface area contributed by atoms with Crippen molar-refractivity contribution in [1.29, 1.82) is 0 Å². The van der Waals surface area contributed by atoms with Gasteiger partial charge in [0.1, 0.15) is 0 Å². The van der Waals surface area contributed by atoms with Crippen LogP contribution >= 0.6 is 23.2 Å². The number of allylic oxidation sites excluding steroid dienone is 2. The molecule has 15 heavy (non-hydrogen) atoms. The highest BCUT2D eigenvalue weighted by atomic mass is 35.5. The normalized spacial score (nSPS) is 57.9. The minimum Gasteiger partial charge on any atom is -0.121 e. The molecule has 3 aliphatic rings. The summed E-state index contributed by atoms with van der Waals surface area (Å²) < 4.78 is 0. The van der Waals surface area contributed by atoms with Gasteiger partial charge in [-0.05, 0) is 48.9 Å². The first-order valence-corrected chi connectivity index (χ1v) is 7.00. The second-order valence-electron chi connectivity index (χ2n) is 5.71. The van der Waals surface area contributed by atoms with E-state index in [0.29, 0.717) is 11.8 Å². The zero-order chi connectivity index (χ0) is 10.6. The Hall–Kier alpha value is 0.320. The molecule has 0 N–H and O–H groups in total. The van der Waals surface area contributed by atoms with Crippen molar-refractivity contribution in [3.05, 3.63) is 12.2 Å². The van der Waals surface area contributed by atoms with Crippen LogP contribution in [0.1, 0.15) is 26.2 Å². The third-order valence-electron chi connectivity index (χ3n) is 4.74. The largest absolute Gasteiger partial charge is 0.121 e. The van der Waals surface area contributed by atoms with Crippen LogP contribution in [0.15, 0.2) is 12.2 Å². The molecule has 3 aliphatic carbocycles. The van der Waals surface area contributed by atoms with Crippen LogP contribution < -0.4 is 0 Å². The monoisotopic (exact) mass is 244 g/mol. The fraction of sp³-hybridized carbons (Fsp3) is 0.846. The molecular formula is C13H18Cl2. The van der Waals surface area contributed by atoms with Crippen molar-refractivity contribution in [1.82, 2.24) is 0 Å². The van der Waals surface area contributed by atoms with Crippen molar-refractivity contribution in [2.24, 2.45) is 29.6 Å². The van der Waals surface area contributed by atoms with E-state index in [-0.39, 0.29) is 10.8 Å². The lowest BCUT2D eigenvalue weighted by atomic mass is 9.78. The van der Waals surface area contributed by atoms with Crippen LogP contribution in [0.25, 0.3) is 0 Å². The molecule has 0 amide bonds. The van der Waals surface area contributed by atoms with Crippen LogP contribution in [-0.2, 0) is 0 Å². The standard InChI is InChI=1S/C13H18Cl2/c1-7-2-3-8(4-7)10-5-9-6-11(10)13(15)12(9)14/h2-3,7-13H,4-6H2,1H3. The van der Waals surface area contributed by atoms with Gasteiger partial charge in [0, 0.05) is 0 Å². The van der Waals surface area contributed by atoms with Crippen LogP contribution in [0, 0.1) is 29.6 Å². The Morgan fingerprint density at radius 2 is 1.67 bits per heavy atom. The van der Waals surface area contributed by atoms with Crippen molar-refractivity contribution in [3.8, 4) is 0 Å². The van der Waals surface area contributed by atoms with Gasteiger partial charge in [-0.1, -0.05) is 19.1 Å². The van der Waals surface area contributed by atoms with Crippen molar-refractivity contribution >= 4 is 23.2 Å². The average molecular weight is 245 g/mol. The Morgan fingerprint density at radius 3 is 2.20 bits per heavy atom. The summed E-state index contributed by atoms with van der Waals surface area (Å²) in [4.78, 5) is 0. The van der Waals surface area contributed by atoms with Gasteiger partial charge in [-0.2, -0.15) is 0 Å². The molecule has 0 nitrogen and oxygen atoms in total. The van der Waals surface area contributed by atoms with Gasteiger partial charge < -0.3 is 0 Å². The number of halogens is 2. The van der Waals surface area contributed by atoms with Crippen LogP contribution in [0.5, 0.6) is 0 Å². The third-order valence-corrected chi connectivity index (χ3v) is 6.10. The number of hydrogen-bond acceptors (Lipinski definition) is 0. The Balaban J connectivity index is 1.73. The highest BCUT2D eigenvalue weighted by molar-refractivity contribution is 6.30. The van der Waals surface area contributed by atoms with Gasteiger partial charge in [-0.15, -0.1) is 23.2 Å². The third kappa shape index (κ3) is 1.56. The highest BCUT2D eigenvalue weighted by Crippen LogP contribution is 2.56. The molecule has 0 aliphatic heterocycles. The Bertz CT molecular complexity index is 284. The smallest absolute Gasteiger partial charge is 0.0533 e. The molecule has 2 fully saturated rings. The molecule has 0 radical (unpaired) electrons. The summed E-state index contributed by atoms with van der Waals surface area (Å²) in [6, 6.07) is 0. The van der Waals surface area contributed by atoms with E-state index in [9.17, 15) is 0 Å². The minimum atomic E-state index is 0.236. The molecule has 84 valence electrons. The molecule has 2 heteroatoms. The van der Waals surface area contributed by atoms with Gasteiger partial charge in [0.25, 0.3) is 0 Å². The Kier molecular flexibility index (Phi) is 2.56. The van der Waals surface area contributed by atoms with Gasteiger partial charge in [0.2, 0.25) is 0 Å². The molecule has 0 heterocycles. The van der Waals surface area contributed by atoms with Gasteiger partial charge in [-0.25, -0.2) is 0 Å². The topological polar surface area (TPSA) is 0 Å². The number of rotatable bonds is 1. The first-order valence-electron chi connectivity index (χ1n) is 6.13. The van der Waals surface area contributed by atoms with Gasteiger partial charge in [-0.3, -0.25) is 0 Å². The molecule has 0 saturated heterocycles. The SMILES string of the molecule is CC1C=CC(C2CC3CC2C(Cl)C3Cl)C1. The van der Waals surface area contributed by atoms with E-state index in [1.54, 1.807) is 0 Å². The van der Waals surface area contributed by atoms with E-state index in [2.05, 4.69) is 19.1 Å². The molecule has 0 aromatic rings. The van der Waals surface area contributed by atoms with E-state index in [4.69, 9.17) is 23.2 Å². The second kappa shape index (κ2) is 3.67. The predicted octanol–water partition coefficient (Wildman–Crippen LogP) is 4.07. The highest BCUT2D eigenvalue weighted by Gasteiger charge is 2.53. The van der Waals surface area contributed by atoms with Crippen LogP contribution in [0.3, 0.4) is 0 Å². The van der Waals surface area contributed by atoms with Crippen molar-refractivity contribution in [3.63, 3.8) is 0 Å². The van der Waals surface area contributed by atoms with E-state index < -0.39 is 0 Å². The number of alkyl halides is 2. The van der Waals surface area contributed by atoms with Gasteiger partial charge in [0.15, 0.2) is 0 Å². The van der Waals surface area contributed by atoms with Crippen LogP contribution in [-0.4, -0.2) is 10.8 Å². The van der Waals surface area contributed by atoms with Gasteiger partial charge in [0.05, 0.1) is 10.8 Å². The maximum Gasteiger partial charge on any atom is 0.0533 e. The van der Waals surface area contributed by atoms with Crippen molar-refractivity contribution in [2.75, 3.05) is 0 Å². The molecular weight excluding hydrogens is 227 g/mol. The summed E-state index contributed by atoms with van der Waals surface area (Å²) in [5.74, 6) is 3.79.